The number of aromatic nitrogens is 1. The number of pyridine rings is 1. The molecule has 0 saturated carbocycles. The third-order valence-electron chi connectivity index (χ3n) is 2.07. The van der Waals surface area contributed by atoms with Crippen LogP contribution >= 0.6 is 0 Å². The van der Waals surface area contributed by atoms with Gasteiger partial charge in [-0.25, -0.2) is 0 Å². The molecule has 3 heteroatoms. The van der Waals surface area contributed by atoms with Crippen LogP contribution in [0.5, 0.6) is 0 Å². The Morgan fingerprint density at radius 1 is 1.54 bits per heavy atom. The summed E-state index contributed by atoms with van der Waals surface area (Å²) < 4.78 is 1.61. The maximum atomic E-state index is 11.2. The smallest absolute Gasteiger partial charge is 0.250 e. The number of rotatable bonds is 4. The number of aliphatic hydroxyl groups is 1. The van der Waals surface area contributed by atoms with Crippen molar-refractivity contribution in [1.29, 1.82) is 0 Å². The second-order valence-corrected chi connectivity index (χ2v) is 3.08. The van der Waals surface area contributed by atoms with Gasteiger partial charge in [-0.2, -0.15) is 0 Å². The highest BCUT2D eigenvalue weighted by molar-refractivity contribution is 4.93. The van der Waals surface area contributed by atoms with Crippen LogP contribution in [0.1, 0.15) is 19.8 Å². The predicted molar refractivity (Wildman–Crippen MR) is 51.6 cm³/mol. The number of aliphatic hydroxyl groups excluding tert-OH is 1. The van der Waals surface area contributed by atoms with Crippen LogP contribution in [-0.2, 0) is 6.54 Å². The first-order valence-electron chi connectivity index (χ1n) is 4.57. The van der Waals surface area contributed by atoms with Crippen molar-refractivity contribution < 1.29 is 5.11 Å². The predicted octanol–water partition coefficient (Wildman–Crippen LogP) is 1.01. The summed E-state index contributed by atoms with van der Waals surface area (Å²) in [7, 11) is 0. The number of nitrogens with zero attached hydrogens (tertiary/aromatic N) is 1. The summed E-state index contributed by atoms with van der Waals surface area (Å²) in [6.07, 6.45) is 2.82. The molecule has 0 aliphatic heterocycles. The third kappa shape index (κ3) is 3.03. The van der Waals surface area contributed by atoms with E-state index < -0.39 is 0 Å². The Labute approximate surface area is 77.6 Å². The van der Waals surface area contributed by atoms with Crippen molar-refractivity contribution in [1.82, 2.24) is 4.57 Å². The molecule has 0 radical (unpaired) electrons. The lowest BCUT2D eigenvalue weighted by Crippen LogP contribution is -2.20. The van der Waals surface area contributed by atoms with Gasteiger partial charge in [-0.3, -0.25) is 4.79 Å². The normalized spacial score (nSPS) is 12.8. The molecule has 1 rings (SSSR count). The Balaban J connectivity index is 2.55. The molecule has 0 aliphatic carbocycles. The molecular weight excluding hydrogens is 166 g/mol. The van der Waals surface area contributed by atoms with Gasteiger partial charge in [0, 0.05) is 18.8 Å². The third-order valence-corrected chi connectivity index (χ3v) is 2.07. The van der Waals surface area contributed by atoms with Crippen LogP contribution in [0.2, 0.25) is 0 Å². The van der Waals surface area contributed by atoms with Crippen LogP contribution < -0.4 is 5.56 Å². The second-order valence-electron chi connectivity index (χ2n) is 3.08. The zero-order valence-corrected chi connectivity index (χ0v) is 7.81. The van der Waals surface area contributed by atoms with E-state index in [1.165, 1.54) is 6.07 Å². The summed E-state index contributed by atoms with van der Waals surface area (Å²) in [5.74, 6) is 0. The molecule has 13 heavy (non-hydrogen) atoms. The van der Waals surface area contributed by atoms with Gasteiger partial charge in [0.1, 0.15) is 0 Å². The van der Waals surface area contributed by atoms with Gasteiger partial charge in [0.25, 0.3) is 0 Å². The molecule has 0 bridgehead atoms. The monoisotopic (exact) mass is 181 g/mol. The van der Waals surface area contributed by atoms with E-state index in [0.29, 0.717) is 13.0 Å². The van der Waals surface area contributed by atoms with E-state index in [1.807, 2.05) is 13.0 Å². The quantitative estimate of drug-likeness (QED) is 0.753. The fraction of sp³-hybridized carbons (Fsp3) is 0.500. The van der Waals surface area contributed by atoms with Crippen molar-refractivity contribution in [3.05, 3.63) is 34.7 Å². The molecule has 1 unspecified atom stereocenters. The number of hydrogen-bond donors (Lipinski definition) is 1. The molecule has 0 aliphatic rings. The lowest BCUT2D eigenvalue weighted by atomic mass is 10.2. The molecule has 1 atom stereocenters. The van der Waals surface area contributed by atoms with Crippen LogP contribution in [0.3, 0.4) is 0 Å². The van der Waals surface area contributed by atoms with Crippen LogP contribution in [-0.4, -0.2) is 15.8 Å². The highest BCUT2D eigenvalue weighted by Gasteiger charge is 2.00. The van der Waals surface area contributed by atoms with Crippen molar-refractivity contribution in [2.45, 2.75) is 32.4 Å². The Morgan fingerprint density at radius 2 is 2.31 bits per heavy atom. The first-order chi connectivity index (χ1) is 6.24. The fourth-order valence-electron chi connectivity index (χ4n) is 1.14. The Kier molecular flexibility index (Phi) is 3.71. The van der Waals surface area contributed by atoms with Crippen LogP contribution in [0.4, 0.5) is 0 Å². The molecule has 72 valence electrons. The van der Waals surface area contributed by atoms with Gasteiger partial charge in [0.05, 0.1) is 6.10 Å². The second kappa shape index (κ2) is 4.82. The molecule has 3 nitrogen and oxygen atoms in total. The molecule has 1 aromatic heterocycles. The average molecular weight is 181 g/mol. The summed E-state index contributed by atoms with van der Waals surface area (Å²) in [4.78, 5) is 11.2. The maximum Gasteiger partial charge on any atom is 0.250 e. The van der Waals surface area contributed by atoms with Gasteiger partial charge in [0.15, 0.2) is 0 Å². The van der Waals surface area contributed by atoms with Gasteiger partial charge in [0.2, 0.25) is 5.56 Å². The van der Waals surface area contributed by atoms with Crippen LogP contribution in [0, 0.1) is 0 Å². The SMILES string of the molecule is CCC(O)CCn1ccccc1=O. The number of hydrogen-bond acceptors (Lipinski definition) is 2. The summed E-state index contributed by atoms with van der Waals surface area (Å²) in [6, 6.07) is 5.06. The topological polar surface area (TPSA) is 42.2 Å². The fourth-order valence-corrected chi connectivity index (χ4v) is 1.14. The van der Waals surface area contributed by atoms with E-state index in [4.69, 9.17) is 0 Å². The summed E-state index contributed by atoms with van der Waals surface area (Å²) in [5.41, 5.74) is -0.00852. The van der Waals surface area contributed by atoms with Crippen molar-refractivity contribution in [3.8, 4) is 0 Å². The lowest BCUT2D eigenvalue weighted by molar-refractivity contribution is 0.154. The summed E-state index contributed by atoms with van der Waals surface area (Å²) in [6.45, 7) is 2.52. The van der Waals surface area contributed by atoms with Crippen molar-refractivity contribution in [2.75, 3.05) is 0 Å². The van der Waals surface area contributed by atoms with Crippen molar-refractivity contribution in [2.24, 2.45) is 0 Å². The van der Waals surface area contributed by atoms with Gasteiger partial charge in [-0.15, -0.1) is 0 Å². The molecule has 0 fully saturated rings. The van der Waals surface area contributed by atoms with E-state index in [0.717, 1.165) is 6.42 Å². The minimum absolute atomic E-state index is 0.00852. The highest BCUT2D eigenvalue weighted by Crippen LogP contribution is 1.98. The molecule has 1 N–H and O–H groups in total. The standard InChI is InChI=1S/C10H15NO2/c1-2-9(12)6-8-11-7-4-3-5-10(11)13/h3-5,7,9,12H,2,6,8H2,1H3. The molecular formula is C10H15NO2. The van der Waals surface area contributed by atoms with Gasteiger partial charge >= 0.3 is 0 Å². The van der Waals surface area contributed by atoms with Crippen LogP contribution in [0.15, 0.2) is 29.2 Å². The van der Waals surface area contributed by atoms with Crippen molar-refractivity contribution in [3.63, 3.8) is 0 Å². The summed E-state index contributed by atoms with van der Waals surface area (Å²) >= 11 is 0. The molecule has 0 spiro atoms. The van der Waals surface area contributed by atoms with E-state index in [2.05, 4.69) is 0 Å². The minimum Gasteiger partial charge on any atom is -0.393 e. The van der Waals surface area contributed by atoms with Gasteiger partial charge in [-0.1, -0.05) is 13.0 Å². The average Bonchev–Trinajstić information content (AvgIpc) is 2.16. The Hall–Kier alpha value is -1.09. The first kappa shape index (κ1) is 9.99. The molecule has 1 heterocycles. The zero-order valence-electron chi connectivity index (χ0n) is 7.81. The minimum atomic E-state index is -0.299. The number of aryl methyl sites for hydroxylation is 1. The van der Waals surface area contributed by atoms with E-state index in [-0.39, 0.29) is 11.7 Å². The molecule has 0 amide bonds. The molecule has 0 aromatic carbocycles. The Morgan fingerprint density at radius 3 is 2.92 bits per heavy atom. The zero-order chi connectivity index (χ0) is 9.68. The lowest BCUT2D eigenvalue weighted by Gasteiger charge is -2.08. The van der Waals surface area contributed by atoms with Gasteiger partial charge in [-0.05, 0) is 18.9 Å². The summed E-state index contributed by atoms with van der Waals surface area (Å²) in [5, 5.41) is 9.29. The van der Waals surface area contributed by atoms with E-state index >= 15 is 0 Å². The molecule has 0 saturated heterocycles. The van der Waals surface area contributed by atoms with Crippen LogP contribution in [0.25, 0.3) is 0 Å². The van der Waals surface area contributed by atoms with Crippen molar-refractivity contribution >= 4 is 0 Å². The largest absolute Gasteiger partial charge is 0.393 e. The maximum absolute atomic E-state index is 11.2. The Bertz CT molecular complexity index is 306. The van der Waals surface area contributed by atoms with E-state index in [9.17, 15) is 9.90 Å². The molecule has 1 aromatic rings. The van der Waals surface area contributed by atoms with E-state index in [1.54, 1.807) is 16.8 Å². The first-order valence-corrected chi connectivity index (χ1v) is 4.57. The highest BCUT2D eigenvalue weighted by atomic mass is 16.3. The van der Waals surface area contributed by atoms with Gasteiger partial charge < -0.3 is 9.67 Å².